The van der Waals surface area contributed by atoms with Gasteiger partial charge in [-0.25, -0.2) is 0 Å². The monoisotopic (exact) mass is 234 g/mol. The first-order chi connectivity index (χ1) is 7.33. The number of ether oxygens (including phenoxy) is 4. The maximum atomic E-state index is 5.44. The minimum Gasteiger partial charge on any atom is -0.379 e. The van der Waals surface area contributed by atoms with E-state index in [2.05, 4.69) is 0 Å². The molecule has 5 heteroatoms. The van der Waals surface area contributed by atoms with Gasteiger partial charge in [0, 0.05) is 29.7 Å². The molecule has 2 atom stereocenters. The number of epoxide rings is 1. The summed E-state index contributed by atoms with van der Waals surface area (Å²) >= 11 is 0. The zero-order valence-corrected chi connectivity index (χ0v) is 11.7. The highest BCUT2D eigenvalue weighted by Gasteiger charge is 2.21. The van der Waals surface area contributed by atoms with Crippen molar-refractivity contribution in [3.05, 3.63) is 0 Å². The summed E-state index contributed by atoms with van der Waals surface area (Å²) in [6.45, 7) is 5.13. The van der Waals surface area contributed by atoms with Gasteiger partial charge in [0.25, 0.3) is 0 Å². The molecule has 0 aromatic rings. The summed E-state index contributed by atoms with van der Waals surface area (Å²) in [6, 6.07) is 0. The van der Waals surface area contributed by atoms with Gasteiger partial charge in [0.1, 0.15) is 6.10 Å². The van der Waals surface area contributed by atoms with Gasteiger partial charge >= 0.3 is 0 Å². The van der Waals surface area contributed by atoms with E-state index in [4.69, 9.17) is 18.9 Å². The third-order valence-corrected chi connectivity index (χ3v) is 2.48. The van der Waals surface area contributed by atoms with Crippen LogP contribution in [0.1, 0.15) is 19.8 Å². The standard InChI is InChI=1S/C10H22O4Si/c1-9(14-8-15)12-5-3-2-4-11-6-10-7-13-10/h9-10H,2-8H2,1,15H3. The van der Waals surface area contributed by atoms with Crippen molar-refractivity contribution in [1.82, 2.24) is 0 Å². The Bertz CT molecular complexity index is 152. The lowest BCUT2D eigenvalue weighted by molar-refractivity contribution is -0.118. The largest absolute Gasteiger partial charge is 0.379 e. The molecule has 0 N–H and O–H groups in total. The Morgan fingerprint density at radius 1 is 1.33 bits per heavy atom. The molecular weight excluding hydrogens is 212 g/mol. The van der Waals surface area contributed by atoms with Crippen molar-refractivity contribution in [2.24, 2.45) is 0 Å². The lowest BCUT2D eigenvalue weighted by Crippen LogP contribution is -2.14. The molecule has 0 radical (unpaired) electrons. The summed E-state index contributed by atoms with van der Waals surface area (Å²) in [5, 5.41) is 0. The number of rotatable bonds is 10. The molecule has 2 unspecified atom stereocenters. The van der Waals surface area contributed by atoms with Crippen LogP contribution in [0, 0.1) is 0 Å². The zero-order chi connectivity index (χ0) is 10.9. The Morgan fingerprint density at radius 2 is 2.07 bits per heavy atom. The van der Waals surface area contributed by atoms with Crippen LogP contribution in [0.5, 0.6) is 0 Å². The van der Waals surface area contributed by atoms with Crippen LogP contribution < -0.4 is 0 Å². The van der Waals surface area contributed by atoms with Crippen LogP contribution in [0.15, 0.2) is 0 Å². The predicted octanol–water partition coefficient (Wildman–Crippen LogP) is -0.116. The Labute approximate surface area is 94.6 Å². The highest BCUT2D eigenvalue weighted by molar-refractivity contribution is 6.08. The molecule has 1 fully saturated rings. The fourth-order valence-electron chi connectivity index (χ4n) is 1.22. The second-order valence-electron chi connectivity index (χ2n) is 3.63. The van der Waals surface area contributed by atoms with Gasteiger partial charge in [-0.15, -0.1) is 0 Å². The van der Waals surface area contributed by atoms with Crippen LogP contribution in [-0.2, 0) is 18.9 Å². The van der Waals surface area contributed by atoms with Crippen molar-refractivity contribution in [3.63, 3.8) is 0 Å². The molecule has 0 spiro atoms. The molecule has 1 aliphatic heterocycles. The van der Waals surface area contributed by atoms with Gasteiger partial charge in [-0.3, -0.25) is 0 Å². The molecule has 0 aliphatic carbocycles. The molecule has 1 rings (SSSR count). The lowest BCUT2D eigenvalue weighted by Gasteiger charge is -2.12. The second kappa shape index (κ2) is 8.24. The number of hydrogen-bond acceptors (Lipinski definition) is 4. The van der Waals surface area contributed by atoms with Crippen molar-refractivity contribution in [2.75, 3.05) is 32.7 Å². The van der Waals surface area contributed by atoms with Gasteiger partial charge in [0.2, 0.25) is 0 Å². The van der Waals surface area contributed by atoms with Crippen LogP contribution in [0.4, 0.5) is 0 Å². The van der Waals surface area contributed by atoms with Gasteiger partial charge in [-0.2, -0.15) is 0 Å². The average molecular weight is 234 g/mol. The molecule has 1 saturated heterocycles. The predicted molar refractivity (Wildman–Crippen MR) is 61.1 cm³/mol. The summed E-state index contributed by atoms with van der Waals surface area (Å²) in [7, 11) is 1.07. The molecule has 90 valence electrons. The van der Waals surface area contributed by atoms with Crippen LogP contribution in [0.3, 0.4) is 0 Å². The maximum absolute atomic E-state index is 5.44. The second-order valence-corrected chi connectivity index (χ2v) is 4.21. The Balaban J connectivity index is 1.72. The Kier molecular flexibility index (Phi) is 7.21. The van der Waals surface area contributed by atoms with Crippen molar-refractivity contribution >= 4 is 10.2 Å². The molecule has 15 heavy (non-hydrogen) atoms. The topological polar surface area (TPSA) is 40.2 Å². The van der Waals surface area contributed by atoms with E-state index < -0.39 is 0 Å². The SMILES string of the molecule is CC(OC[SiH3])OCCCCOCC1CO1. The minimum atomic E-state index is -0.0525. The van der Waals surface area contributed by atoms with E-state index in [1.54, 1.807) is 0 Å². The number of hydrogen-bond donors (Lipinski definition) is 0. The first kappa shape index (κ1) is 13.1. The lowest BCUT2D eigenvalue weighted by atomic mass is 10.3. The fourth-order valence-corrected chi connectivity index (χ4v) is 1.69. The van der Waals surface area contributed by atoms with E-state index in [9.17, 15) is 0 Å². The smallest absolute Gasteiger partial charge is 0.154 e. The van der Waals surface area contributed by atoms with Gasteiger partial charge in [-0.1, -0.05) is 0 Å². The van der Waals surface area contributed by atoms with Gasteiger partial charge in [-0.05, 0) is 19.8 Å². The molecule has 0 saturated carbocycles. The van der Waals surface area contributed by atoms with E-state index in [0.29, 0.717) is 6.10 Å². The van der Waals surface area contributed by atoms with Crippen LogP contribution in [-0.4, -0.2) is 55.3 Å². The third kappa shape index (κ3) is 7.93. The molecule has 1 aliphatic rings. The Hall–Kier alpha value is 0.0569. The summed E-state index contributed by atoms with van der Waals surface area (Å²) in [5.41, 5.74) is 0. The summed E-state index contributed by atoms with van der Waals surface area (Å²) in [5.74, 6) is 0. The van der Waals surface area contributed by atoms with Gasteiger partial charge in [0.05, 0.1) is 13.2 Å². The van der Waals surface area contributed by atoms with Crippen LogP contribution >= 0.6 is 0 Å². The fraction of sp³-hybridized carbons (Fsp3) is 1.00. The highest BCUT2D eigenvalue weighted by Crippen LogP contribution is 2.08. The molecule has 0 amide bonds. The van der Waals surface area contributed by atoms with Crippen LogP contribution in [0.25, 0.3) is 0 Å². The molecule has 1 heterocycles. The molecule has 0 bridgehead atoms. The summed E-state index contributed by atoms with van der Waals surface area (Å²) < 4.78 is 21.2. The van der Waals surface area contributed by atoms with E-state index in [1.807, 2.05) is 6.92 Å². The Morgan fingerprint density at radius 3 is 2.73 bits per heavy atom. The normalized spacial score (nSPS) is 21.8. The number of unbranched alkanes of at least 4 members (excludes halogenated alkanes) is 1. The van der Waals surface area contributed by atoms with E-state index in [-0.39, 0.29) is 6.29 Å². The summed E-state index contributed by atoms with van der Waals surface area (Å²) in [6.07, 6.45) is 3.23. The quantitative estimate of drug-likeness (QED) is 0.229. The minimum absolute atomic E-state index is 0.0525. The van der Waals surface area contributed by atoms with E-state index >= 15 is 0 Å². The first-order valence-electron chi connectivity index (χ1n) is 5.75. The third-order valence-electron chi connectivity index (χ3n) is 2.14. The maximum Gasteiger partial charge on any atom is 0.154 e. The van der Waals surface area contributed by atoms with Crippen molar-refractivity contribution in [3.8, 4) is 0 Å². The van der Waals surface area contributed by atoms with E-state index in [0.717, 1.165) is 55.7 Å². The molecular formula is C10H22O4Si. The average Bonchev–Trinajstić information content (AvgIpc) is 3.00. The van der Waals surface area contributed by atoms with Crippen molar-refractivity contribution in [2.45, 2.75) is 32.2 Å². The zero-order valence-electron chi connectivity index (χ0n) is 9.74. The molecule has 0 aromatic heterocycles. The van der Waals surface area contributed by atoms with Gasteiger partial charge < -0.3 is 18.9 Å². The summed E-state index contributed by atoms with van der Waals surface area (Å²) in [4.78, 5) is 0. The highest BCUT2D eigenvalue weighted by atomic mass is 28.1. The molecule has 4 nitrogen and oxygen atoms in total. The van der Waals surface area contributed by atoms with Crippen molar-refractivity contribution < 1.29 is 18.9 Å². The van der Waals surface area contributed by atoms with Crippen LogP contribution in [0.2, 0.25) is 0 Å². The first-order valence-corrected chi connectivity index (χ1v) is 7.17. The van der Waals surface area contributed by atoms with Gasteiger partial charge in [0.15, 0.2) is 6.29 Å². The van der Waals surface area contributed by atoms with Crippen molar-refractivity contribution in [1.29, 1.82) is 0 Å². The van der Waals surface area contributed by atoms with E-state index in [1.165, 1.54) is 0 Å². The molecule has 0 aromatic carbocycles.